The highest BCUT2D eigenvalue weighted by atomic mass is 16.5. The van der Waals surface area contributed by atoms with Gasteiger partial charge in [0.05, 0.1) is 18.4 Å². The van der Waals surface area contributed by atoms with E-state index >= 15 is 0 Å². The lowest BCUT2D eigenvalue weighted by molar-refractivity contribution is -0.136. The van der Waals surface area contributed by atoms with Crippen molar-refractivity contribution in [2.24, 2.45) is 35.5 Å². The largest absolute Gasteiger partial charge is 0.384 e. The van der Waals surface area contributed by atoms with Crippen LogP contribution in [0.25, 0.3) is 0 Å². The molecule has 0 N–H and O–H groups in total. The lowest BCUT2D eigenvalue weighted by Crippen LogP contribution is -2.42. The summed E-state index contributed by atoms with van der Waals surface area (Å²) in [7, 11) is 1.75. The molecule has 2 fully saturated rings. The fraction of sp³-hybridized carbons (Fsp3) is 0.641. The van der Waals surface area contributed by atoms with Gasteiger partial charge in [-0.05, 0) is 53.6 Å². The predicted octanol–water partition coefficient (Wildman–Crippen LogP) is 8.26. The van der Waals surface area contributed by atoms with E-state index in [1.165, 1.54) is 0 Å². The lowest BCUT2D eigenvalue weighted by atomic mass is 9.86. The van der Waals surface area contributed by atoms with Crippen LogP contribution < -0.4 is 0 Å². The van der Waals surface area contributed by atoms with Crippen LogP contribution in [0.15, 0.2) is 60.7 Å². The van der Waals surface area contributed by atoms with Crippen LogP contribution in [0.2, 0.25) is 0 Å². The second-order valence-electron chi connectivity index (χ2n) is 14.8. The first-order chi connectivity index (χ1) is 20.9. The zero-order valence-electron chi connectivity index (χ0n) is 29.2. The van der Waals surface area contributed by atoms with E-state index in [4.69, 9.17) is 4.74 Å². The summed E-state index contributed by atoms with van der Waals surface area (Å²) in [5.74, 6) is 3.22. The molecule has 44 heavy (non-hydrogen) atoms. The van der Waals surface area contributed by atoms with Crippen LogP contribution in [-0.4, -0.2) is 60.5 Å². The SMILES string of the molecule is CC1C[C@@H](C(C)C)N(C(=O)C(c2ccccc2)C(C)C)C1.COCC1C[C@@H](C(C)C)N(C(=O)C(c2ccccc2)C(C)C)C1. The normalized spacial score (nSPS) is 23.3. The van der Waals surface area contributed by atoms with Crippen molar-refractivity contribution in [3.8, 4) is 0 Å². The number of likely N-dealkylation sites (tertiary alicyclic amines) is 2. The minimum atomic E-state index is -0.0567. The first-order valence-electron chi connectivity index (χ1n) is 17.1. The Labute approximate surface area is 268 Å². The van der Waals surface area contributed by atoms with Crippen molar-refractivity contribution < 1.29 is 14.3 Å². The van der Waals surface area contributed by atoms with Crippen molar-refractivity contribution in [2.45, 2.75) is 99.1 Å². The van der Waals surface area contributed by atoms with Gasteiger partial charge in [0, 0.05) is 38.2 Å². The molecule has 0 spiro atoms. The van der Waals surface area contributed by atoms with Gasteiger partial charge in [0.2, 0.25) is 11.8 Å². The number of carbonyl (C=O) groups is 2. The summed E-state index contributed by atoms with van der Waals surface area (Å²) in [6, 6.07) is 21.2. The highest BCUT2D eigenvalue weighted by molar-refractivity contribution is 5.85. The van der Waals surface area contributed by atoms with Crippen LogP contribution in [0, 0.1) is 35.5 Å². The third-order valence-electron chi connectivity index (χ3n) is 9.67. The molecule has 2 heterocycles. The average Bonchev–Trinajstić information content (AvgIpc) is 3.59. The molecule has 5 heteroatoms. The van der Waals surface area contributed by atoms with Gasteiger partial charge in [0.1, 0.15) is 0 Å². The third-order valence-corrected chi connectivity index (χ3v) is 9.67. The van der Waals surface area contributed by atoms with E-state index in [2.05, 4.69) is 96.4 Å². The van der Waals surface area contributed by atoms with E-state index in [-0.39, 0.29) is 17.7 Å². The van der Waals surface area contributed by atoms with Crippen LogP contribution in [0.1, 0.15) is 98.1 Å². The molecular formula is C39H60N2O3. The number of rotatable bonds is 10. The van der Waals surface area contributed by atoms with E-state index in [1.807, 2.05) is 36.4 Å². The Kier molecular flexibility index (Phi) is 13.5. The number of methoxy groups -OCH3 is 1. The van der Waals surface area contributed by atoms with Crippen molar-refractivity contribution in [2.75, 3.05) is 26.8 Å². The summed E-state index contributed by atoms with van der Waals surface area (Å²) in [4.78, 5) is 30.8. The summed E-state index contributed by atoms with van der Waals surface area (Å²) < 4.78 is 5.34. The van der Waals surface area contributed by atoms with Crippen LogP contribution in [-0.2, 0) is 14.3 Å². The molecule has 2 saturated heterocycles. The molecule has 2 aromatic rings. The van der Waals surface area contributed by atoms with E-state index in [0.717, 1.165) is 43.7 Å². The van der Waals surface area contributed by atoms with E-state index in [9.17, 15) is 9.59 Å². The van der Waals surface area contributed by atoms with E-state index in [0.29, 0.717) is 53.5 Å². The number of ether oxygens (including phenoxy) is 1. The van der Waals surface area contributed by atoms with Crippen molar-refractivity contribution >= 4 is 11.8 Å². The molecule has 0 bridgehead atoms. The number of benzene rings is 2. The Balaban J connectivity index is 0.000000241. The molecule has 0 aliphatic carbocycles. The third kappa shape index (κ3) is 8.96. The topological polar surface area (TPSA) is 49.9 Å². The van der Waals surface area contributed by atoms with Gasteiger partial charge < -0.3 is 14.5 Å². The highest BCUT2D eigenvalue weighted by Crippen LogP contribution is 2.36. The summed E-state index contributed by atoms with van der Waals surface area (Å²) in [6.07, 6.45) is 2.19. The van der Waals surface area contributed by atoms with Crippen LogP contribution in [0.3, 0.4) is 0 Å². The zero-order valence-corrected chi connectivity index (χ0v) is 29.2. The molecule has 6 atom stereocenters. The quantitative estimate of drug-likeness (QED) is 0.274. The number of hydrogen-bond acceptors (Lipinski definition) is 3. The van der Waals surface area contributed by atoms with Gasteiger partial charge in [-0.25, -0.2) is 0 Å². The number of carbonyl (C=O) groups excluding carboxylic acids is 2. The summed E-state index contributed by atoms with van der Waals surface area (Å²) in [5, 5.41) is 0. The van der Waals surface area contributed by atoms with Gasteiger partial charge in [-0.1, -0.05) is 123 Å². The Morgan fingerprint density at radius 3 is 1.48 bits per heavy atom. The van der Waals surface area contributed by atoms with Crippen molar-refractivity contribution in [1.82, 2.24) is 9.80 Å². The summed E-state index contributed by atoms with van der Waals surface area (Å²) in [6.45, 7) is 22.2. The minimum absolute atomic E-state index is 0.0160. The van der Waals surface area contributed by atoms with Gasteiger partial charge in [-0.2, -0.15) is 0 Å². The molecule has 4 rings (SSSR count). The maximum Gasteiger partial charge on any atom is 0.230 e. The molecule has 4 unspecified atom stereocenters. The molecule has 2 aromatic carbocycles. The van der Waals surface area contributed by atoms with Crippen LogP contribution in [0.4, 0.5) is 0 Å². The Bertz CT molecular complexity index is 1150. The first-order valence-corrected chi connectivity index (χ1v) is 17.1. The smallest absolute Gasteiger partial charge is 0.230 e. The van der Waals surface area contributed by atoms with Crippen molar-refractivity contribution in [3.05, 3.63) is 71.8 Å². The number of amides is 2. The highest BCUT2D eigenvalue weighted by Gasteiger charge is 2.41. The standard InChI is InChI=1S/C20H31NO2.C19H29NO/c1-14(2)18-11-16(13-23-5)12-21(18)20(22)19(15(3)4)17-9-7-6-8-10-17;1-13(2)17-11-15(5)12-20(17)19(21)18(14(3)4)16-9-7-6-8-10-16/h6-10,14-16,18-19H,11-13H2,1-5H3;6-10,13-15,17-18H,11-12H2,1-5H3/t16?,18-,19?;15?,17-,18?/m00/s1. The Morgan fingerprint density at radius 2 is 1.09 bits per heavy atom. The molecule has 0 saturated carbocycles. The molecular weight excluding hydrogens is 544 g/mol. The second-order valence-corrected chi connectivity index (χ2v) is 14.8. The van der Waals surface area contributed by atoms with Gasteiger partial charge >= 0.3 is 0 Å². The fourth-order valence-corrected chi connectivity index (χ4v) is 7.47. The molecule has 0 radical (unpaired) electrons. The van der Waals surface area contributed by atoms with Gasteiger partial charge in [-0.15, -0.1) is 0 Å². The number of hydrogen-bond donors (Lipinski definition) is 0. The lowest BCUT2D eigenvalue weighted by Gasteiger charge is -2.32. The number of nitrogens with zero attached hydrogens (tertiary/aromatic N) is 2. The second kappa shape index (κ2) is 16.6. The molecule has 5 nitrogen and oxygen atoms in total. The first kappa shape index (κ1) is 35.8. The van der Waals surface area contributed by atoms with Crippen LogP contribution >= 0.6 is 0 Å². The van der Waals surface area contributed by atoms with Crippen LogP contribution in [0.5, 0.6) is 0 Å². The summed E-state index contributed by atoms with van der Waals surface area (Å²) in [5.41, 5.74) is 2.28. The molecule has 244 valence electrons. The maximum atomic E-state index is 13.3. The van der Waals surface area contributed by atoms with Crippen molar-refractivity contribution in [3.63, 3.8) is 0 Å². The molecule has 2 aliphatic rings. The average molecular weight is 605 g/mol. The predicted molar refractivity (Wildman–Crippen MR) is 182 cm³/mol. The fourth-order valence-electron chi connectivity index (χ4n) is 7.47. The van der Waals surface area contributed by atoms with E-state index in [1.54, 1.807) is 7.11 Å². The Morgan fingerprint density at radius 1 is 0.682 bits per heavy atom. The molecule has 2 amide bonds. The van der Waals surface area contributed by atoms with Gasteiger partial charge in [-0.3, -0.25) is 9.59 Å². The molecule has 0 aromatic heterocycles. The van der Waals surface area contributed by atoms with Gasteiger partial charge in [0.15, 0.2) is 0 Å². The molecule has 2 aliphatic heterocycles. The zero-order chi connectivity index (χ0) is 32.6. The monoisotopic (exact) mass is 604 g/mol. The minimum Gasteiger partial charge on any atom is -0.384 e. The summed E-state index contributed by atoms with van der Waals surface area (Å²) >= 11 is 0. The Hall–Kier alpha value is -2.66. The van der Waals surface area contributed by atoms with Gasteiger partial charge in [0.25, 0.3) is 0 Å². The van der Waals surface area contributed by atoms with E-state index < -0.39 is 0 Å². The van der Waals surface area contributed by atoms with Crippen molar-refractivity contribution in [1.29, 1.82) is 0 Å². The maximum absolute atomic E-state index is 13.3.